The first kappa shape index (κ1) is 28.7. The molecule has 0 saturated carbocycles. The number of likely N-dealkylation sites (tertiary alicyclic amines) is 1. The number of sulfonamides is 1. The molecule has 3 aromatic rings. The zero-order valence-corrected chi connectivity index (χ0v) is 23.4. The van der Waals surface area contributed by atoms with Gasteiger partial charge in [-0.3, -0.25) is 9.59 Å². The summed E-state index contributed by atoms with van der Waals surface area (Å²) in [5.41, 5.74) is 2.65. The van der Waals surface area contributed by atoms with Crippen LogP contribution in [0.4, 0.5) is 4.39 Å². The Kier molecular flexibility index (Phi) is 8.73. The molecule has 1 fully saturated rings. The van der Waals surface area contributed by atoms with Gasteiger partial charge in [0.2, 0.25) is 21.8 Å². The van der Waals surface area contributed by atoms with E-state index >= 15 is 0 Å². The third kappa shape index (κ3) is 6.66. The van der Waals surface area contributed by atoms with E-state index in [2.05, 4.69) is 15.2 Å². The lowest BCUT2D eigenvalue weighted by Gasteiger charge is -2.26. The van der Waals surface area contributed by atoms with Crippen molar-refractivity contribution < 1.29 is 26.9 Å². The van der Waals surface area contributed by atoms with Gasteiger partial charge in [0.05, 0.1) is 11.1 Å². The van der Waals surface area contributed by atoms with Crippen LogP contribution in [-0.4, -0.2) is 48.9 Å². The number of carbonyl (C=O) groups is 2. The van der Waals surface area contributed by atoms with Crippen LogP contribution < -0.4 is 10.0 Å². The van der Waals surface area contributed by atoms with Crippen molar-refractivity contribution in [3.05, 3.63) is 70.3 Å². The molecule has 0 spiro atoms. The predicted molar refractivity (Wildman–Crippen MR) is 144 cm³/mol. The Morgan fingerprint density at radius 2 is 1.95 bits per heavy atom. The standard InChI is InChI=1S/C27H30ClFN4O5S/c1-16-25(18(3)38-31-16)39(36,37)32-17(2)26(34)30-24-9-4-5-12-33(27(24)35)15-19-7-6-8-20(13-19)21-10-11-23(29)22(28)14-21/h6-8,10-11,13-14,17,24,32H,4-5,9,12,15H2,1-3H3,(H,30,34)/t17-,24?/m0/s1. The fraction of sp³-hybridized carbons (Fsp3) is 0.370. The van der Waals surface area contributed by atoms with Crippen LogP contribution in [0.3, 0.4) is 0 Å². The van der Waals surface area contributed by atoms with E-state index < -0.39 is 33.8 Å². The number of benzene rings is 2. The Bertz CT molecular complexity index is 1470. The summed E-state index contributed by atoms with van der Waals surface area (Å²) >= 11 is 5.94. The van der Waals surface area contributed by atoms with E-state index in [1.54, 1.807) is 17.0 Å². The third-order valence-corrected chi connectivity index (χ3v) is 8.69. The van der Waals surface area contributed by atoms with Crippen molar-refractivity contribution in [2.45, 2.75) is 63.6 Å². The fourth-order valence-corrected chi connectivity index (χ4v) is 6.35. The van der Waals surface area contributed by atoms with Gasteiger partial charge in [-0.2, -0.15) is 4.72 Å². The molecule has 0 aliphatic carbocycles. The average Bonchev–Trinajstić information content (AvgIpc) is 3.15. The van der Waals surface area contributed by atoms with Gasteiger partial charge in [-0.1, -0.05) is 41.0 Å². The van der Waals surface area contributed by atoms with Gasteiger partial charge >= 0.3 is 0 Å². The van der Waals surface area contributed by atoms with Crippen LogP contribution >= 0.6 is 11.6 Å². The van der Waals surface area contributed by atoms with Crippen molar-refractivity contribution in [3.63, 3.8) is 0 Å². The van der Waals surface area contributed by atoms with Crippen molar-refractivity contribution in [3.8, 4) is 11.1 Å². The first-order valence-electron chi connectivity index (χ1n) is 12.5. The molecule has 2 heterocycles. The summed E-state index contributed by atoms with van der Waals surface area (Å²) in [6.07, 6.45) is 1.93. The lowest BCUT2D eigenvalue weighted by molar-refractivity contribution is -0.136. The maximum atomic E-state index is 13.6. The SMILES string of the molecule is Cc1noc(C)c1S(=O)(=O)N[C@@H](C)C(=O)NC1CCCCN(Cc2cccc(-c3ccc(F)c(Cl)c3)c2)C1=O. The van der Waals surface area contributed by atoms with Gasteiger partial charge in [-0.15, -0.1) is 0 Å². The van der Waals surface area contributed by atoms with Crippen molar-refractivity contribution in [2.75, 3.05) is 6.54 Å². The molecule has 208 valence electrons. The molecule has 2 atom stereocenters. The first-order valence-corrected chi connectivity index (χ1v) is 14.4. The highest BCUT2D eigenvalue weighted by Gasteiger charge is 2.32. The van der Waals surface area contributed by atoms with Crippen LogP contribution in [0, 0.1) is 19.7 Å². The van der Waals surface area contributed by atoms with E-state index in [0.717, 1.165) is 29.5 Å². The minimum absolute atomic E-state index is 0.0300. The molecule has 0 bridgehead atoms. The normalized spacial score (nSPS) is 17.1. The van der Waals surface area contributed by atoms with E-state index in [9.17, 15) is 22.4 Å². The summed E-state index contributed by atoms with van der Waals surface area (Å²) in [6.45, 7) is 5.23. The minimum atomic E-state index is -4.06. The Morgan fingerprint density at radius 3 is 2.64 bits per heavy atom. The summed E-state index contributed by atoms with van der Waals surface area (Å²) in [6, 6.07) is 10.1. The number of hydrogen-bond acceptors (Lipinski definition) is 6. The van der Waals surface area contributed by atoms with Gasteiger partial charge in [-0.25, -0.2) is 12.8 Å². The lowest BCUT2D eigenvalue weighted by Crippen LogP contribution is -2.52. The van der Waals surface area contributed by atoms with E-state index in [1.807, 2.05) is 24.3 Å². The third-order valence-electron chi connectivity index (χ3n) is 6.61. The number of nitrogens with zero attached hydrogens (tertiary/aromatic N) is 2. The molecule has 1 saturated heterocycles. The molecule has 2 amide bonds. The minimum Gasteiger partial charge on any atom is -0.360 e. The van der Waals surface area contributed by atoms with Crippen LogP contribution in [0.5, 0.6) is 0 Å². The molecule has 1 aliphatic heterocycles. The number of rotatable bonds is 8. The Hall–Kier alpha value is -3.28. The smallest absolute Gasteiger partial charge is 0.246 e. The first-order chi connectivity index (χ1) is 18.5. The summed E-state index contributed by atoms with van der Waals surface area (Å²) in [5, 5.41) is 6.41. The average molecular weight is 577 g/mol. The largest absolute Gasteiger partial charge is 0.360 e. The van der Waals surface area contributed by atoms with E-state index in [-0.39, 0.29) is 27.3 Å². The van der Waals surface area contributed by atoms with Crippen LogP contribution in [-0.2, 0) is 26.2 Å². The van der Waals surface area contributed by atoms with Crippen LogP contribution in [0.25, 0.3) is 11.1 Å². The van der Waals surface area contributed by atoms with Crippen molar-refractivity contribution >= 4 is 33.4 Å². The molecular formula is C27H30ClFN4O5S. The quantitative estimate of drug-likeness (QED) is 0.416. The van der Waals surface area contributed by atoms with Crippen LogP contribution in [0.2, 0.25) is 5.02 Å². The zero-order valence-electron chi connectivity index (χ0n) is 21.8. The molecule has 0 radical (unpaired) electrons. The molecule has 39 heavy (non-hydrogen) atoms. The molecule has 9 nitrogen and oxygen atoms in total. The monoisotopic (exact) mass is 576 g/mol. The second kappa shape index (κ2) is 11.8. The summed E-state index contributed by atoms with van der Waals surface area (Å²) < 4.78 is 46.4. The molecule has 2 aromatic carbocycles. The van der Waals surface area contributed by atoms with Gasteiger partial charge in [0.15, 0.2) is 5.76 Å². The molecule has 1 unspecified atom stereocenters. The highest BCUT2D eigenvalue weighted by Crippen LogP contribution is 2.26. The van der Waals surface area contributed by atoms with Crippen LogP contribution in [0.1, 0.15) is 43.2 Å². The molecule has 1 aromatic heterocycles. The number of amides is 2. The number of aryl methyl sites for hydroxylation is 2. The van der Waals surface area contributed by atoms with Crippen molar-refractivity contribution in [1.82, 2.24) is 20.1 Å². The zero-order chi connectivity index (χ0) is 28.3. The van der Waals surface area contributed by atoms with Gasteiger partial charge in [-0.05, 0) is 74.9 Å². The molecule has 12 heteroatoms. The van der Waals surface area contributed by atoms with E-state index in [0.29, 0.717) is 19.5 Å². The van der Waals surface area contributed by atoms with Crippen LogP contribution in [0.15, 0.2) is 51.9 Å². The number of aromatic nitrogens is 1. The summed E-state index contributed by atoms with van der Waals surface area (Å²) in [5.74, 6) is -1.22. The maximum Gasteiger partial charge on any atom is 0.246 e. The van der Waals surface area contributed by atoms with Gasteiger partial charge in [0, 0.05) is 13.1 Å². The van der Waals surface area contributed by atoms with Gasteiger partial charge in [0.25, 0.3) is 0 Å². The number of carbonyl (C=O) groups excluding carboxylic acids is 2. The molecular weight excluding hydrogens is 547 g/mol. The van der Waals surface area contributed by atoms with Crippen molar-refractivity contribution in [1.29, 1.82) is 0 Å². The van der Waals surface area contributed by atoms with Gasteiger partial charge < -0.3 is 14.7 Å². The Labute approximate surface area is 231 Å². The molecule has 2 N–H and O–H groups in total. The molecule has 1 aliphatic rings. The number of nitrogens with one attached hydrogen (secondary N) is 2. The second-order valence-corrected chi connectivity index (χ2v) is 11.7. The summed E-state index contributed by atoms with van der Waals surface area (Å²) in [4.78, 5) is 27.9. The molecule has 4 rings (SSSR count). The lowest BCUT2D eigenvalue weighted by atomic mass is 10.0. The van der Waals surface area contributed by atoms with E-state index in [1.165, 1.54) is 26.8 Å². The highest BCUT2D eigenvalue weighted by molar-refractivity contribution is 7.89. The number of halogens is 2. The van der Waals surface area contributed by atoms with Crippen molar-refractivity contribution in [2.24, 2.45) is 0 Å². The van der Waals surface area contributed by atoms with E-state index in [4.69, 9.17) is 16.1 Å². The highest BCUT2D eigenvalue weighted by atomic mass is 35.5. The second-order valence-electron chi connectivity index (χ2n) is 9.64. The predicted octanol–water partition coefficient (Wildman–Crippen LogP) is 4.12. The van der Waals surface area contributed by atoms with Gasteiger partial charge in [0.1, 0.15) is 22.4 Å². The maximum absolute atomic E-state index is 13.6. The topological polar surface area (TPSA) is 122 Å². The Morgan fingerprint density at radius 1 is 1.21 bits per heavy atom. The summed E-state index contributed by atoms with van der Waals surface area (Å²) in [7, 11) is -4.06. The number of hydrogen-bond donors (Lipinski definition) is 2. The fourth-order valence-electron chi connectivity index (χ4n) is 4.64. The Balaban J connectivity index is 1.43.